The van der Waals surface area contributed by atoms with Crippen LogP contribution in [0, 0.1) is 0 Å². The first-order valence-electron chi connectivity index (χ1n) is 6.31. The average Bonchev–Trinajstić information content (AvgIpc) is 3.09. The van der Waals surface area contributed by atoms with Crippen molar-refractivity contribution in [3.8, 4) is 5.82 Å². The monoisotopic (exact) mass is 313 g/mol. The lowest BCUT2D eigenvalue weighted by molar-refractivity contribution is -0.113. The van der Waals surface area contributed by atoms with Crippen molar-refractivity contribution in [1.82, 2.24) is 29.5 Å². The van der Waals surface area contributed by atoms with E-state index in [1.54, 1.807) is 47.8 Å². The maximum Gasteiger partial charge on any atom is 0.236 e. The second kappa shape index (κ2) is 6.76. The topological polar surface area (TPSA) is 98.5 Å². The highest BCUT2D eigenvalue weighted by Gasteiger charge is 2.07. The molecule has 1 amide bonds. The Kier molecular flexibility index (Phi) is 4.35. The molecule has 0 radical (unpaired) electrons. The molecular weight excluding hydrogens is 302 g/mol. The number of carbonyl (C=O) groups excluding carboxylic acids is 1. The first-order chi connectivity index (χ1) is 10.8. The molecule has 0 aromatic carbocycles. The van der Waals surface area contributed by atoms with Gasteiger partial charge < -0.3 is 5.32 Å². The number of nitrogens with zero attached hydrogens (tertiary/aromatic N) is 6. The zero-order valence-corrected chi connectivity index (χ0v) is 12.1. The van der Waals surface area contributed by atoms with Gasteiger partial charge in [-0.1, -0.05) is 11.8 Å². The third-order valence-corrected chi connectivity index (χ3v) is 3.44. The van der Waals surface area contributed by atoms with Crippen molar-refractivity contribution in [3.63, 3.8) is 0 Å². The van der Waals surface area contributed by atoms with Gasteiger partial charge in [-0.3, -0.25) is 9.36 Å². The van der Waals surface area contributed by atoms with Crippen molar-refractivity contribution < 1.29 is 4.79 Å². The average molecular weight is 313 g/mol. The van der Waals surface area contributed by atoms with E-state index in [1.165, 1.54) is 18.1 Å². The van der Waals surface area contributed by atoms with Crippen LogP contribution in [0.1, 0.15) is 0 Å². The van der Waals surface area contributed by atoms with Gasteiger partial charge in [-0.05, 0) is 6.07 Å². The molecule has 8 nitrogen and oxygen atoms in total. The highest BCUT2D eigenvalue weighted by molar-refractivity contribution is 7.99. The van der Waals surface area contributed by atoms with E-state index < -0.39 is 0 Å². The molecule has 9 heteroatoms. The molecule has 0 bridgehead atoms. The van der Waals surface area contributed by atoms with Crippen LogP contribution >= 0.6 is 11.8 Å². The molecule has 0 saturated heterocycles. The van der Waals surface area contributed by atoms with Crippen molar-refractivity contribution >= 4 is 23.5 Å². The zero-order valence-electron chi connectivity index (χ0n) is 11.3. The van der Waals surface area contributed by atoms with Crippen molar-refractivity contribution in [2.45, 2.75) is 5.16 Å². The van der Waals surface area contributed by atoms with E-state index in [9.17, 15) is 4.79 Å². The molecule has 0 spiro atoms. The van der Waals surface area contributed by atoms with Gasteiger partial charge in [-0.15, -0.1) is 0 Å². The van der Waals surface area contributed by atoms with Crippen LogP contribution in [0.3, 0.4) is 0 Å². The van der Waals surface area contributed by atoms with Gasteiger partial charge in [0.2, 0.25) is 5.91 Å². The molecule has 1 N–H and O–H groups in total. The van der Waals surface area contributed by atoms with Crippen LogP contribution in [0.4, 0.5) is 5.82 Å². The molecule has 0 fully saturated rings. The fraction of sp³-hybridized carbons (Fsp3) is 0.0769. The second-order valence-electron chi connectivity index (χ2n) is 4.10. The van der Waals surface area contributed by atoms with Gasteiger partial charge in [0.05, 0.1) is 5.75 Å². The van der Waals surface area contributed by atoms with E-state index in [1.807, 2.05) is 0 Å². The third kappa shape index (κ3) is 3.64. The normalized spacial score (nSPS) is 10.4. The highest BCUT2D eigenvalue weighted by Crippen LogP contribution is 2.12. The Morgan fingerprint density at radius 1 is 1.18 bits per heavy atom. The molecule has 3 rings (SSSR count). The summed E-state index contributed by atoms with van der Waals surface area (Å²) in [5, 5.41) is 3.27. The van der Waals surface area contributed by atoms with Crippen LogP contribution in [-0.4, -0.2) is 41.1 Å². The number of carbonyl (C=O) groups is 1. The summed E-state index contributed by atoms with van der Waals surface area (Å²) in [6, 6.07) is 3.39. The smallest absolute Gasteiger partial charge is 0.236 e. The summed E-state index contributed by atoms with van der Waals surface area (Å²) in [6.07, 6.45) is 9.69. The number of rotatable bonds is 5. The Bertz CT molecular complexity index is 748. The lowest BCUT2D eigenvalue weighted by Gasteiger charge is -2.05. The number of imidazole rings is 1. The Labute approximate surface area is 130 Å². The van der Waals surface area contributed by atoms with E-state index >= 15 is 0 Å². The molecule has 0 aliphatic carbocycles. The molecule has 0 aliphatic rings. The van der Waals surface area contributed by atoms with Crippen LogP contribution in [0.25, 0.3) is 5.82 Å². The highest BCUT2D eigenvalue weighted by atomic mass is 32.2. The van der Waals surface area contributed by atoms with E-state index in [4.69, 9.17) is 0 Å². The van der Waals surface area contributed by atoms with Crippen molar-refractivity contribution in [1.29, 1.82) is 0 Å². The number of hydrogen-bond donors (Lipinski definition) is 1. The van der Waals surface area contributed by atoms with Crippen LogP contribution in [0.5, 0.6) is 0 Å². The second-order valence-corrected chi connectivity index (χ2v) is 5.04. The van der Waals surface area contributed by atoms with Gasteiger partial charge in [0.1, 0.15) is 24.3 Å². The number of anilines is 1. The first kappa shape index (κ1) is 14.1. The van der Waals surface area contributed by atoms with Gasteiger partial charge in [0.15, 0.2) is 5.16 Å². The van der Waals surface area contributed by atoms with Crippen LogP contribution in [-0.2, 0) is 4.79 Å². The predicted molar refractivity (Wildman–Crippen MR) is 80.5 cm³/mol. The predicted octanol–water partition coefficient (Wildman–Crippen LogP) is 1.18. The van der Waals surface area contributed by atoms with E-state index in [0.29, 0.717) is 16.8 Å². The van der Waals surface area contributed by atoms with Crippen molar-refractivity contribution in [2.24, 2.45) is 0 Å². The maximum absolute atomic E-state index is 11.9. The number of hydrogen-bond acceptors (Lipinski definition) is 7. The fourth-order valence-electron chi connectivity index (χ4n) is 1.62. The Hall–Kier alpha value is -2.81. The third-order valence-electron chi connectivity index (χ3n) is 2.56. The minimum atomic E-state index is -0.187. The summed E-state index contributed by atoms with van der Waals surface area (Å²) in [6.45, 7) is 0. The van der Waals surface area contributed by atoms with E-state index in [0.717, 1.165) is 0 Å². The Morgan fingerprint density at radius 2 is 2.05 bits per heavy atom. The molecule has 3 aromatic rings. The molecule has 110 valence electrons. The molecule has 22 heavy (non-hydrogen) atoms. The summed E-state index contributed by atoms with van der Waals surface area (Å²) in [4.78, 5) is 32.1. The first-order valence-corrected chi connectivity index (χ1v) is 7.30. The lowest BCUT2D eigenvalue weighted by Crippen LogP contribution is -2.15. The van der Waals surface area contributed by atoms with Gasteiger partial charge in [-0.2, -0.15) is 0 Å². The Morgan fingerprint density at radius 3 is 2.82 bits per heavy atom. The Balaban J connectivity index is 1.61. The number of thioether (sulfide) groups is 1. The number of aromatic nitrogens is 6. The molecule has 3 aromatic heterocycles. The SMILES string of the molecule is O=C(CSc1ncccn1)Nc1cc(-n2ccnc2)ncn1. The van der Waals surface area contributed by atoms with Crippen molar-refractivity contribution in [3.05, 3.63) is 49.6 Å². The lowest BCUT2D eigenvalue weighted by atomic mass is 10.5. The number of nitrogens with one attached hydrogen (secondary N) is 1. The maximum atomic E-state index is 11.9. The van der Waals surface area contributed by atoms with Crippen LogP contribution < -0.4 is 5.32 Å². The van der Waals surface area contributed by atoms with Gasteiger partial charge in [0, 0.05) is 30.9 Å². The largest absolute Gasteiger partial charge is 0.310 e. The van der Waals surface area contributed by atoms with E-state index in [2.05, 4.69) is 30.2 Å². The molecular formula is C13H11N7OS. The molecule has 3 heterocycles. The van der Waals surface area contributed by atoms with Crippen molar-refractivity contribution in [2.75, 3.05) is 11.1 Å². The summed E-state index contributed by atoms with van der Waals surface area (Å²) in [7, 11) is 0. The summed E-state index contributed by atoms with van der Waals surface area (Å²) < 4.78 is 1.73. The van der Waals surface area contributed by atoms with E-state index in [-0.39, 0.29) is 11.7 Å². The molecule has 0 aliphatic heterocycles. The minimum absolute atomic E-state index is 0.187. The zero-order chi connectivity index (χ0) is 15.2. The van der Waals surface area contributed by atoms with Gasteiger partial charge in [0.25, 0.3) is 0 Å². The van der Waals surface area contributed by atoms with Crippen LogP contribution in [0.15, 0.2) is 54.7 Å². The number of amides is 1. The molecule has 0 unspecified atom stereocenters. The minimum Gasteiger partial charge on any atom is -0.310 e. The summed E-state index contributed by atoms with van der Waals surface area (Å²) >= 11 is 1.26. The van der Waals surface area contributed by atoms with Gasteiger partial charge >= 0.3 is 0 Å². The molecule has 0 atom stereocenters. The standard InChI is InChI=1S/C13H11N7OS/c21-12(7-22-13-15-2-1-3-16-13)19-10-6-11(18-8-17-10)20-5-4-14-9-20/h1-6,8-9H,7H2,(H,17,18,19,21). The summed E-state index contributed by atoms with van der Waals surface area (Å²) in [5.41, 5.74) is 0. The summed E-state index contributed by atoms with van der Waals surface area (Å²) in [5.74, 6) is 1.07. The fourth-order valence-corrected chi connectivity index (χ4v) is 2.22. The molecule has 0 saturated carbocycles. The van der Waals surface area contributed by atoms with Crippen LogP contribution in [0.2, 0.25) is 0 Å². The van der Waals surface area contributed by atoms with Gasteiger partial charge in [-0.25, -0.2) is 24.9 Å². The quantitative estimate of drug-likeness (QED) is 0.558.